The molecule has 2 aromatic carbocycles. The normalized spacial score (nSPS) is 17.6. The molecule has 4 rings (SSSR count). The monoisotopic (exact) mass is 420 g/mol. The fourth-order valence-corrected chi connectivity index (χ4v) is 4.27. The third-order valence-electron chi connectivity index (χ3n) is 5.97. The predicted octanol–water partition coefficient (Wildman–Crippen LogP) is 2.05. The molecule has 162 valence electrons. The lowest BCUT2D eigenvalue weighted by Crippen LogP contribution is -2.46. The van der Waals surface area contributed by atoms with Crippen molar-refractivity contribution >= 4 is 23.4 Å². The van der Waals surface area contributed by atoms with Gasteiger partial charge in [0, 0.05) is 19.1 Å². The van der Waals surface area contributed by atoms with Gasteiger partial charge in [0.2, 0.25) is 12.3 Å². The summed E-state index contributed by atoms with van der Waals surface area (Å²) >= 11 is 0. The van der Waals surface area contributed by atoms with Gasteiger partial charge in [-0.05, 0) is 49.1 Å². The molecule has 1 unspecified atom stereocenters. The molecule has 2 heterocycles. The lowest BCUT2D eigenvalue weighted by molar-refractivity contribution is -0.142. The van der Waals surface area contributed by atoms with Crippen molar-refractivity contribution in [3.05, 3.63) is 54.4 Å². The van der Waals surface area contributed by atoms with Crippen molar-refractivity contribution < 1.29 is 9.59 Å². The molecule has 3 aromatic rings. The number of imidazole rings is 1. The van der Waals surface area contributed by atoms with Crippen LogP contribution in [0.15, 0.2) is 48.8 Å². The van der Waals surface area contributed by atoms with E-state index in [1.807, 2.05) is 28.6 Å². The van der Waals surface area contributed by atoms with Gasteiger partial charge in [-0.3, -0.25) is 14.6 Å². The average Bonchev–Trinajstić information content (AvgIpc) is 3.41. The lowest BCUT2D eigenvalue weighted by Gasteiger charge is -2.34. The molecule has 0 radical (unpaired) electrons. The summed E-state index contributed by atoms with van der Waals surface area (Å²) in [5.41, 5.74) is 10.8. The Morgan fingerprint density at radius 2 is 2.16 bits per heavy atom. The van der Waals surface area contributed by atoms with Crippen molar-refractivity contribution in [1.29, 1.82) is 0 Å². The van der Waals surface area contributed by atoms with Crippen molar-refractivity contribution in [3.8, 4) is 11.1 Å². The van der Waals surface area contributed by atoms with E-state index in [1.54, 1.807) is 11.3 Å². The summed E-state index contributed by atoms with van der Waals surface area (Å²) in [6.45, 7) is 5.29. The van der Waals surface area contributed by atoms with E-state index in [1.165, 1.54) is 11.1 Å². The number of hydrogen-bond donors (Lipinski definition) is 2. The Balaban J connectivity index is 1.56. The third kappa shape index (κ3) is 4.17. The van der Waals surface area contributed by atoms with E-state index in [0.29, 0.717) is 13.1 Å². The van der Waals surface area contributed by atoms with Crippen LogP contribution < -0.4 is 11.1 Å². The number of fused-ring (bicyclic) bond motifs is 1. The van der Waals surface area contributed by atoms with Crippen molar-refractivity contribution in [2.75, 3.05) is 19.6 Å². The summed E-state index contributed by atoms with van der Waals surface area (Å²) in [7, 11) is 0. The van der Waals surface area contributed by atoms with Gasteiger partial charge < -0.3 is 15.6 Å². The van der Waals surface area contributed by atoms with Crippen molar-refractivity contribution in [3.63, 3.8) is 0 Å². The first-order valence-electron chi connectivity index (χ1n) is 10.5. The van der Waals surface area contributed by atoms with Crippen LogP contribution in [0.4, 0.5) is 0 Å². The van der Waals surface area contributed by atoms with Gasteiger partial charge in [-0.25, -0.2) is 9.99 Å². The zero-order chi connectivity index (χ0) is 22.0. The van der Waals surface area contributed by atoms with Crippen molar-refractivity contribution in [2.24, 2.45) is 5.73 Å². The molecule has 1 saturated heterocycles. The fourth-order valence-electron chi connectivity index (χ4n) is 4.27. The zero-order valence-electron chi connectivity index (χ0n) is 17.9. The second kappa shape index (κ2) is 8.87. The zero-order valence-corrected chi connectivity index (χ0v) is 17.9. The van der Waals surface area contributed by atoms with Crippen LogP contribution in [0, 0.1) is 6.92 Å². The van der Waals surface area contributed by atoms with E-state index >= 15 is 0 Å². The molecule has 2 amide bonds. The lowest BCUT2D eigenvalue weighted by atomic mass is 10.0. The third-order valence-corrected chi connectivity index (χ3v) is 5.97. The molecule has 1 aromatic heterocycles. The number of nitrogens with one attached hydrogen (secondary N) is 1. The molecule has 0 bridgehead atoms. The quantitative estimate of drug-likeness (QED) is 0.571. The summed E-state index contributed by atoms with van der Waals surface area (Å²) in [5.74, 6) is -0.178. The van der Waals surface area contributed by atoms with E-state index in [4.69, 9.17) is 5.73 Å². The highest BCUT2D eigenvalue weighted by molar-refractivity contribution is 5.83. The van der Waals surface area contributed by atoms with Gasteiger partial charge in [-0.1, -0.05) is 30.3 Å². The van der Waals surface area contributed by atoms with Gasteiger partial charge in [0.25, 0.3) is 0 Å². The Morgan fingerprint density at radius 1 is 1.35 bits per heavy atom. The second-order valence-corrected chi connectivity index (χ2v) is 7.96. The number of carbonyl (C=O) groups excluding carboxylic acids is 2. The average molecular weight is 421 g/mol. The van der Waals surface area contributed by atoms with Gasteiger partial charge in [0.1, 0.15) is 6.17 Å². The minimum atomic E-state index is -0.254. The number of rotatable bonds is 7. The minimum Gasteiger partial charge on any atom is -0.351 e. The number of aromatic nitrogens is 2. The standard InChI is InChI=1S/C23H28N6O2/c1-16-5-3-4-6-20(16)18-7-8-22-21(11-18)25-14-28(22)17(2)29(15-30)27-10-9-19(13-27)26-23(31)12-24/h3-8,11,14-15,17,19H,9-10,12-13,24H2,1-2H3,(H,26,31)/t17?,19-/m1/s1. The number of nitrogens with two attached hydrogens (primary N) is 1. The van der Waals surface area contributed by atoms with Crippen LogP contribution >= 0.6 is 0 Å². The Hall–Kier alpha value is -3.23. The smallest absolute Gasteiger partial charge is 0.233 e. The largest absolute Gasteiger partial charge is 0.351 e. The number of aryl methyl sites for hydroxylation is 1. The number of amides is 2. The first kappa shape index (κ1) is 21.0. The van der Waals surface area contributed by atoms with Crippen LogP contribution in [0.1, 0.15) is 25.1 Å². The van der Waals surface area contributed by atoms with Gasteiger partial charge in [-0.15, -0.1) is 0 Å². The first-order valence-corrected chi connectivity index (χ1v) is 10.5. The predicted molar refractivity (Wildman–Crippen MR) is 120 cm³/mol. The molecule has 0 aliphatic carbocycles. The highest BCUT2D eigenvalue weighted by Gasteiger charge is 2.30. The fraction of sp³-hybridized carbons (Fsp3) is 0.348. The first-order chi connectivity index (χ1) is 15.0. The van der Waals surface area contributed by atoms with E-state index in [0.717, 1.165) is 29.4 Å². The summed E-state index contributed by atoms with van der Waals surface area (Å²) in [6, 6.07) is 14.5. The Morgan fingerprint density at radius 3 is 2.90 bits per heavy atom. The van der Waals surface area contributed by atoms with Gasteiger partial charge in [-0.2, -0.15) is 0 Å². The maximum Gasteiger partial charge on any atom is 0.233 e. The van der Waals surface area contributed by atoms with Crippen LogP contribution in [-0.4, -0.2) is 57.6 Å². The van der Waals surface area contributed by atoms with Crippen molar-refractivity contribution in [1.82, 2.24) is 24.9 Å². The minimum absolute atomic E-state index is 0.0121. The molecule has 8 heteroatoms. The Labute approximate surface area is 181 Å². The summed E-state index contributed by atoms with van der Waals surface area (Å²) < 4.78 is 2.00. The molecule has 1 aliphatic heterocycles. The number of hydrogen-bond acceptors (Lipinski definition) is 5. The van der Waals surface area contributed by atoms with E-state index in [2.05, 4.69) is 47.6 Å². The van der Waals surface area contributed by atoms with Gasteiger partial charge in [0.05, 0.1) is 23.9 Å². The molecule has 3 N–H and O–H groups in total. The van der Waals surface area contributed by atoms with E-state index in [9.17, 15) is 9.59 Å². The van der Waals surface area contributed by atoms with E-state index < -0.39 is 0 Å². The SMILES string of the molecule is Cc1ccccc1-c1ccc2c(c1)ncn2C(C)N(C=O)N1CC[C@@H](NC(=O)CN)C1. The molecule has 8 nitrogen and oxygen atoms in total. The molecule has 0 spiro atoms. The van der Waals surface area contributed by atoms with Crippen LogP contribution in [0.3, 0.4) is 0 Å². The summed E-state index contributed by atoms with van der Waals surface area (Å²) in [6.07, 6.45) is 3.13. The maximum absolute atomic E-state index is 12.0. The summed E-state index contributed by atoms with van der Waals surface area (Å²) in [5, 5.41) is 6.54. The maximum atomic E-state index is 12.0. The van der Waals surface area contributed by atoms with Gasteiger partial charge in [0.15, 0.2) is 0 Å². The van der Waals surface area contributed by atoms with Crippen LogP contribution in [0.2, 0.25) is 0 Å². The highest BCUT2D eigenvalue weighted by atomic mass is 16.2. The number of nitrogens with zero attached hydrogens (tertiary/aromatic N) is 4. The number of hydrazine groups is 1. The Bertz CT molecular complexity index is 1090. The van der Waals surface area contributed by atoms with Crippen LogP contribution in [0.5, 0.6) is 0 Å². The van der Waals surface area contributed by atoms with Crippen LogP contribution in [0.25, 0.3) is 22.2 Å². The van der Waals surface area contributed by atoms with Gasteiger partial charge >= 0.3 is 0 Å². The molecular weight excluding hydrogens is 392 g/mol. The molecule has 31 heavy (non-hydrogen) atoms. The number of benzene rings is 2. The molecule has 0 saturated carbocycles. The topological polar surface area (TPSA) is 96.5 Å². The van der Waals surface area contributed by atoms with Crippen molar-refractivity contribution in [2.45, 2.75) is 32.5 Å². The molecule has 1 aliphatic rings. The molecular formula is C23H28N6O2. The summed E-state index contributed by atoms with van der Waals surface area (Å²) in [4.78, 5) is 28.1. The number of carbonyl (C=O) groups is 2. The highest BCUT2D eigenvalue weighted by Crippen LogP contribution is 2.28. The molecule has 1 fully saturated rings. The van der Waals surface area contributed by atoms with Crippen LogP contribution in [-0.2, 0) is 9.59 Å². The Kier molecular flexibility index (Phi) is 6.01. The molecule has 2 atom stereocenters. The second-order valence-electron chi connectivity index (χ2n) is 7.96. The van der Waals surface area contributed by atoms with E-state index in [-0.39, 0.29) is 24.7 Å².